The van der Waals surface area contributed by atoms with Gasteiger partial charge in [-0.15, -0.1) is 28.5 Å². The molecule has 1 aliphatic carbocycles. The first kappa shape index (κ1) is 30.3. The lowest BCUT2D eigenvalue weighted by atomic mass is 9.94. The molecule has 12 heteroatoms. The molecule has 4 N–H and O–H groups in total. The van der Waals surface area contributed by atoms with Crippen LogP contribution in [0.15, 0.2) is 14.8 Å². The molecular formula is C24H40N4O6S2. The number of rotatable bonds is 4. The summed E-state index contributed by atoms with van der Waals surface area (Å²) in [7, 11) is 0. The van der Waals surface area contributed by atoms with Gasteiger partial charge in [-0.1, -0.05) is 0 Å². The van der Waals surface area contributed by atoms with E-state index in [0.717, 1.165) is 17.9 Å². The largest absolute Gasteiger partial charge is 0.444 e. The number of nitrogens with zero attached hydrogens (tertiary/aromatic N) is 1. The molecule has 0 bridgehead atoms. The first-order valence-corrected chi connectivity index (χ1v) is 14.1. The van der Waals surface area contributed by atoms with Gasteiger partial charge in [-0.25, -0.2) is 9.59 Å². The topological polar surface area (TPSA) is 138 Å². The molecule has 0 radical (unpaired) electrons. The highest BCUT2D eigenvalue weighted by Gasteiger charge is 2.39. The first-order chi connectivity index (χ1) is 16.7. The van der Waals surface area contributed by atoms with E-state index in [-0.39, 0.29) is 30.4 Å². The standard InChI is InChI=1S/C24H40N4O6S2/c1-14(30)25-18(13-29)16-11-15(19-35-9-8-10-36-19)12-17(16)26-20(27-21(31)33-23(2,3)4)28-22(32)34-24(5,6)7/h16-18,29H,8-13H2,1-7H3,(H,25,30)(H2,26,27,28,31,32)/t16-,17+,18?/m1/s1. The fraction of sp³-hybridized carbons (Fsp3) is 0.750. The summed E-state index contributed by atoms with van der Waals surface area (Å²) in [6.07, 6.45) is 0.774. The third-order valence-electron chi connectivity index (χ3n) is 5.15. The number of hydrogen-bond donors (Lipinski definition) is 4. The first-order valence-electron chi connectivity index (χ1n) is 12.1. The van der Waals surface area contributed by atoms with E-state index in [1.54, 1.807) is 41.5 Å². The van der Waals surface area contributed by atoms with Crippen molar-refractivity contribution >= 4 is 47.6 Å². The highest BCUT2D eigenvalue weighted by atomic mass is 32.2. The summed E-state index contributed by atoms with van der Waals surface area (Å²) in [6.45, 7) is 11.5. The Kier molecular flexibility index (Phi) is 11.0. The van der Waals surface area contributed by atoms with E-state index >= 15 is 0 Å². The van der Waals surface area contributed by atoms with Crippen LogP contribution in [-0.4, -0.2) is 70.6 Å². The molecule has 0 aromatic carbocycles. The van der Waals surface area contributed by atoms with Crippen LogP contribution in [0.4, 0.5) is 9.59 Å². The molecular weight excluding hydrogens is 504 g/mol. The van der Waals surface area contributed by atoms with Crippen LogP contribution >= 0.6 is 23.5 Å². The Bertz CT molecular complexity index is 871. The number of thioether (sulfide) groups is 2. The average Bonchev–Trinajstić information content (AvgIpc) is 3.13. The van der Waals surface area contributed by atoms with E-state index in [1.165, 1.54) is 16.7 Å². The number of guanidine groups is 1. The Morgan fingerprint density at radius 1 is 1.06 bits per heavy atom. The van der Waals surface area contributed by atoms with Gasteiger partial charge in [0.15, 0.2) is 0 Å². The van der Waals surface area contributed by atoms with Gasteiger partial charge in [0.25, 0.3) is 0 Å². The Morgan fingerprint density at radius 3 is 2.19 bits per heavy atom. The number of nitrogens with one attached hydrogen (secondary N) is 3. The summed E-state index contributed by atoms with van der Waals surface area (Å²) in [5.41, 5.74) is -0.296. The maximum atomic E-state index is 12.5. The quantitative estimate of drug-likeness (QED) is 0.308. The number of carbonyl (C=O) groups is 3. The number of amides is 3. The van der Waals surface area contributed by atoms with Crippen molar-refractivity contribution in [3.8, 4) is 0 Å². The summed E-state index contributed by atoms with van der Waals surface area (Å²) < 4.78 is 11.9. The molecule has 1 heterocycles. The van der Waals surface area contributed by atoms with Gasteiger partial charge in [-0.2, -0.15) is 0 Å². The Labute approximate surface area is 222 Å². The monoisotopic (exact) mass is 544 g/mol. The molecule has 2 fully saturated rings. The predicted molar refractivity (Wildman–Crippen MR) is 144 cm³/mol. The van der Waals surface area contributed by atoms with Gasteiger partial charge >= 0.3 is 12.2 Å². The van der Waals surface area contributed by atoms with Crippen molar-refractivity contribution in [3.05, 3.63) is 9.81 Å². The molecule has 204 valence electrons. The maximum Gasteiger partial charge on any atom is 0.437 e. The van der Waals surface area contributed by atoms with Crippen LogP contribution in [0.3, 0.4) is 0 Å². The molecule has 3 amide bonds. The van der Waals surface area contributed by atoms with Crippen molar-refractivity contribution < 1.29 is 29.0 Å². The predicted octanol–water partition coefficient (Wildman–Crippen LogP) is 3.75. The van der Waals surface area contributed by atoms with Crippen molar-refractivity contribution in [2.75, 3.05) is 18.1 Å². The van der Waals surface area contributed by atoms with Crippen LogP contribution in [-0.2, 0) is 14.3 Å². The van der Waals surface area contributed by atoms with Gasteiger partial charge in [0.1, 0.15) is 11.2 Å². The molecule has 1 unspecified atom stereocenters. The number of alkyl carbamates (subject to hydrolysis) is 1. The van der Waals surface area contributed by atoms with Gasteiger partial charge in [-0.05, 0) is 77.9 Å². The minimum atomic E-state index is -0.867. The average molecular weight is 545 g/mol. The second-order valence-corrected chi connectivity index (χ2v) is 13.3. The zero-order valence-electron chi connectivity index (χ0n) is 22.2. The summed E-state index contributed by atoms with van der Waals surface area (Å²) in [5.74, 6) is 1.55. The van der Waals surface area contributed by atoms with Crippen LogP contribution in [0.1, 0.15) is 67.7 Å². The number of carbonyl (C=O) groups excluding carboxylic acids is 3. The van der Waals surface area contributed by atoms with Crippen LogP contribution < -0.4 is 16.0 Å². The lowest BCUT2D eigenvalue weighted by Gasteiger charge is -2.29. The van der Waals surface area contributed by atoms with Crippen molar-refractivity contribution in [3.63, 3.8) is 0 Å². The SMILES string of the molecule is CC(=O)NC(CO)[C@@H]1CC(=C2SCCCS2)C[C@@H]1NC(=NC(=O)OC(C)(C)C)NC(=O)OC(C)(C)C. The maximum absolute atomic E-state index is 12.5. The summed E-state index contributed by atoms with van der Waals surface area (Å²) in [5, 5.41) is 18.6. The molecule has 0 aromatic rings. The molecule has 36 heavy (non-hydrogen) atoms. The number of aliphatic imine (C=N–C) groups is 1. The van der Waals surface area contributed by atoms with Crippen LogP contribution in [0.5, 0.6) is 0 Å². The van der Waals surface area contributed by atoms with E-state index < -0.39 is 29.4 Å². The normalized spacial score (nSPS) is 22.1. The molecule has 0 spiro atoms. The van der Waals surface area contributed by atoms with Gasteiger partial charge in [0, 0.05) is 23.1 Å². The third kappa shape index (κ3) is 10.6. The molecule has 1 saturated heterocycles. The van der Waals surface area contributed by atoms with Crippen molar-refractivity contribution in [1.29, 1.82) is 0 Å². The molecule has 1 aliphatic heterocycles. The van der Waals surface area contributed by atoms with Crippen LogP contribution in [0.2, 0.25) is 0 Å². The summed E-state index contributed by atoms with van der Waals surface area (Å²) in [6, 6.07) is -0.836. The number of aliphatic hydroxyl groups is 1. The zero-order valence-corrected chi connectivity index (χ0v) is 23.9. The summed E-state index contributed by atoms with van der Waals surface area (Å²) in [4.78, 5) is 40.8. The van der Waals surface area contributed by atoms with Gasteiger partial charge in [0.05, 0.1) is 12.6 Å². The molecule has 0 aromatic heterocycles. The molecule has 3 atom stereocenters. The van der Waals surface area contributed by atoms with E-state index in [9.17, 15) is 19.5 Å². The molecule has 1 saturated carbocycles. The Balaban J connectivity index is 2.35. The Morgan fingerprint density at radius 2 is 1.67 bits per heavy atom. The minimum absolute atomic E-state index is 0.108. The smallest absolute Gasteiger partial charge is 0.437 e. The highest BCUT2D eigenvalue weighted by molar-refractivity contribution is 8.22. The second-order valence-electron chi connectivity index (χ2n) is 10.8. The summed E-state index contributed by atoms with van der Waals surface area (Å²) >= 11 is 3.64. The van der Waals surface area contributed by atoms with Crippen LogP contribution in [0, 0.1) is 5.92 Å². The second kappa shape index (κ2) is 13.0. The van der Waals surface area contributed by atoms with E-state index in [2.05, 4.69) is 20.9 Å². The lowest BCUT2D eigenvalue weighted by molar-refractivity contribution is -0.120. The van der Waals surface area contributed by atoms with E-state index in [4.69, 9.17) is 9.47 Å². The zero-order chi connectivity index (χ0) is 27.1. The van der Waals surface area contributed by atoms with Crippen LogP contribution in [0.25, 0.3) is 0 Å². The number of ether oxygens (including phenoxy) is 2. The van der Waals surface area contributed by atoms with Gasteiger partial charge in [-0.3, -0.25) is 10.1 Å². The third-order valence-corrected chi connectivity index (χ3v) is 7.94. The van der Waals surface area contributed by atoms with E-state index in [1.807, 2.05) is 23.5 Å². The molecule has 2 aliphatic rings. The minimum Gasteiger partial charge on any atom is -0.444 e. The molecule has 2 rings (SSSR count). The number of hydrogen-bond acceptors (Lipinski definition) is 8. The van der Waals surface area contributed by atoms with Gasteiger partial charge < -0.3 is 25.2 Å². The van der Waals surface area contributed by atoms with Crippen molar-refractivity contribution in [2.45, 2.75) is 91.0 Å². The lowest BCUT2D eigenvalue weighted by Crippen LogP contribution is -2.53. The van der Waals surface area contributed by atoms with Crippen molar-refractivity contribution in [1.82, 2.24) is 16.0 Å². The fourth-order valence-electron chi connectivity index (χ4n) is 3.91. The van der Waals surface area contributed by atoms with E-state index in [0.29, 0.717) is 12.8 Å². The Hall–Kier alpha value is -1.92. The van der Waals surface area contributed by atoms with Gasteiger partial charge in [0.2, 0.25) is 11.9 Å². The molecule has 10 nitrogen and oxygen atoms in total. The number of aliphatic hydroxyl groups excluding tert-OH is 1. The highest BCUT2D eigenvalue weighted by Crippen LogP contribution is 2.44. The fourth-order valence-corrected chi connectivity index (χ4v) is 6.61. The van der Waals surface area contributed by atoms with Crippen molar-refractivity contribution in [2.24, 2.45) is 10.9 Å².